The van der Waals surface area contributed by atoms with Gasteiger partial charge in [-0.15, -0.1) is 0 Å². The number of fused-ring (bicyclic) bond motifs is 3. The third-order valence-corrected chi connectivity index (χ3v) is 4.75. The van der Waals surface area contributed by atoms with E-state index in [1.54, 1.807) is 6.20 Å². The van der Waals surface area contributed by atoms with Gasteiger partial charge in [0.2, 0.25) is 5.90 Å². The molecule has 3 aromatic rings. The van der Waals surface area contributed by atoms with Gasteiger partial charge in [-0.05, 0) is 40.5 Å². The van der Waals surface area contributed by atoms with Crippen molar-refractivity contribution < 1.29 is 4.74 Å². The van der Waals surface area contributed by atoms with Gasteiger partial charge in [-0.1, -0.05) is 48.5 Å². The quantitative estimate of drug-likeness (QED) is 0.711. The highest BCUT2D eigenvalue weighted by Crippen LogP contribution is 2.42. The van der Waals surface area contributed by atoms with Gasteiger partial charge in [0.15, 0.2) is 0 Å². The van der Waals surface area contributed by atoms with Crippen molar-refractivity contribution in [1.82, 2.24) is 4.98 Å². The number of rotatable bonds is 2. The molecule has 0 N–H and O–H groups in total. The Bertz CT molecular complexity index is 919. The fourth-order valence-corrected chi connectivity index (χ4v) is 3.57. The molecule has 2 aliphatic rings. The first-order chi connectivity index (χ1) is 11.9. The maximum Gasteiger partial charge on any atom is 0.236 e. The molecule has 0 bridgehead atoms. The Labute approximate surface area is 140 Å². The number of hydrogen-bond acceptors (Lipinski definition) is 3. The smallest absolute Gasteiger partial charge is 0.236 e. The summed E-state index contributed by atoms with van der Waals surface area (Å²) in [6.45, 7) is 0. The third-order valence-electron chi connectivity index (χ3n) is 4.75. The molecule has 2 heterocycles. The summed E-state index contributed by atoms with van der Waals surface area (Å²) in [4.78, 5) is 9.18. The van der Waals surface area contributed by atoms with Gasteiger partial charge in [0.05, 0.1) is 0 Å². The van der Waals surface area contributed by atoms with Gasteiger partial charge in [-0.3, -0.25) is 4.98 Å². The summed E-state index contributed by atoms with van der Waals surface area (Å²) in [5.41, 5.74) is 5.90. The van der Waals surface area contributed by atoms with Crippen LogP contribution >= 0.6 is 0 Å². The maximum atomic E-state index is 6.09. The Balaban J connectivity index is 1.54. The number of ether oxygens (including phenoxy) is 1. The molecule has 0 saturated heterocycles. The van der Waals surface area contributed by atoms with Crippen LogP contribution in [0.5, 0.6) is 0 Å². The Morgan fingerprint density at radius 2 is 1.75 bits per heavy atom. The van der Waals surface area contributed by atoms with Crippen LogP contribution < -0.4 is 0 Å². The molecule has 2 atom stereocenters. The minimum absolute atomic E-state index is 0.0840. The Morgan fingerprint density at radius 3 is 2.58 bits per heavy atom. The Hall–Kier alpha value is -2.94. The van der Waals surface area contributed by atoms with E-state index >= 15 is 0 Å². The molecule has 0 radical (unpaired) electrons. The number of aromatic nitrogens is 1. The van der Waals surface area contributed by atoms with Gasteiger partial charge >= 0.3 is 0 Å². The van der Waals surface area contributed by atoms with Crippen LogP contribution in [0.15, 0.2) is 77.9 Å². The van der Waals surface area contributed by atoms with Crippen LogP contribution in [0.3, 0.4) is 0 Å². The summed E-state index contributed by atoms with van der Waals surface area (Å²) in [6, 6.07) is 23.0. The molecular formula is C21H16N2O. The predicted molar refractivity (Wildman–Crippen MR) is 94.0 cm³/mol. The molecule has 3 heteroatoms. The normalized spacial score (nSPS) is 20.9. The molecule has 0 saturated carbocycles. The second kappa shape index (κ2) is 5.31. The van der Waals surface area contributed by atoms with Crippen LogP contribution in [0.1, 0.15) is 22.9 Å². The average Bonchev–Trinajstić information content (AvgIpc) is 3.21. The molecule has 1 aromatic heterocycles. The van der Waals surface area contributed by atoms with Crippen LogP contribution in [0, 0.1) is 0 Å². The van der Waals surface area contributed by atoms with Crippen molar-refractivity contribution in [2.45, 2.75) is 18.6 Å². The van der Waals surface area contributed by atoms with Crippen LogP contribution in [-0.4, -0.2) is 17.0 Å². The van der Waals surface area contributed by atoms with Crippen molar-refractivity contribution >= 4 is 5.90 Å². The summed E-state index contributed by atoms with van der Waals surface area (Å²) in [6.07, 6.45) is 2.79. The number of hydrogen-bond donors (Lipinski definition) is 0. The number of aliphatic imine (C=N–C) groups is 1. The molecule has 0 amide bonds. The maximum absolute atomic E-state index is 6.09. The van der Waals surface area contributed by atoms with Gasteiger partial charge in [0.1, 0.15) is 17.8 Å². The Kier molecular flexibility index (Phi) is 2.98. The third kappa shape index (κ3) is 2.13. The van der Waals surface area contributed by atoms with E-state index in [-0.39, 0.29) is 12.1 Å². The molecule has 1 aliphatic carbocycles. The van der Waals surface area contributed by atoms with Crippen molar-refractivity contribution in [2.75, 3.05) is 0 Å². The zero-order valence-electron chi connectivity index (χ0n) is 13.1. The highest BCUT2D eigenvalue weighted by Gasteiger charge is 2.40. The molecule has 0 fully saturated rings. The van der Waals surface area contributed by atoms with Crippen LogP contribution in [0.4, 0.5) is 0 Å². The number of benzene rings is 2. The highest BCUT2D eigenvalue weighted by molar-refractivity contribution is 5.93. The fourth-order valence-electron chi connectivity index (χ4n) is 3.57. The number of pyridine rings is 1. The SMILES string of the molecule is c1ccc(-c2ccc3c(c2)[C@@H]2N=C(c4ccccn4)O[C@@H]2C3)cc1. The van der Waals surface area contributed by atoms with E-state index in [2.05, 4.69) is 47.4 Å². The van der Waals surface area contributed by atoms with Crippen molar-refractivity contribution in [3.63, 3.8) is 0 Å². The van der Waals surface area contributed by atoms with Gasteiger partial charge in [-0.2, -0.15) is 0 Å². The summed E-state index contributed by atoms with van der Waals surface area (Å²) in [5, 5.41) is 0. The lowest BCUT2D eigenvalue weighted by Crippen LogP contribution is -2.14. The first kappa shape index (κ1) is 13.5. The highest BCUT2D eigenvalue weighted by atomic mass is 16.5. The molecule has 3 nitrogen and oxygen atoms in total. The minimum atomic E-state index is 0.0840. The standard InChI is InChI=1S/C21H16N2O/c1-2-6-14(7-3-1)15-9-10-16-13-19-20(17(16)12-15)23-21(24-19)18-8-4-5-11-22-18/h1-12,19-20H,13H2/t19-,20+/m1/s1. The summed E-state index contributed by atoms with van der Waals surface area (Å²) < 4.78 is 6.09. The summed E-state index contributed by atoms with van der Waals surface area (Å²) >= 11 is 0. The zero-order chi connectivity index (χ0) is 15.9. The molecular weight excluding hydrogens is 296 g/mol. The second-order valence-electron chi connectivity index (χ2n) is 6.23. The summed E-state index contributed by atoms with van der Waals surface area (Å²) in [5.74, 6) is 0.668. The first-order valence-corrected chi connectivity index (χ1v) is 8.22. The molecule has 2 aromatic carbocycles. The number of nitrogens with zero attached hydrogens (tertiary/aromatic N) is 2. The van der Waals surface area contributed by atoms with Crippen molar-refractivity contribution in [2.24, 2.45) is 4.99 Å². The van der Waals surface area contributed by atoms with E-state index in [1.165, 1.54) is 22.3 Å². The first-order valence-electron chi connectivity index (χ1n) is 8.22. The van der Waals surface area contributed by atoms with E-state index in [9.17, 15) is 0 Å². The molecule has 1 aliphatic heterocycles. The Morgan fingerprint density at radius 1 is 0.875 bits per heavy atom. The van der Waals surface area contributed by atoms with Crippen molar-refractivity contribution in [1.29, 1.82) is 0 Å². The average molecular weight is 312 g/mol. The lowest BCUT2D eigenvalue weighted by atomic mass is 9.99. The van der Waals surface area contributed by atoms with Gasteiger partial charge in [-0.25, -0.2) is 4.99 Å². The van der Waals surface area contributed by atoms with Gasteiger partial charge in [0, 0.05) is 12.6 Å². The predicted octanol–water partition coefficient (Wildman–Crippen LogP) is 4.19. The van der Waals surface area contributed by atoms with Crippen molar-refractivity contribution in [3.05, 3.63) is 89.7 Å². The van der Waals surface area contributed by atoms with Gasteiger partial charge < -0.3 is 4.74 Å². The van der Waals surface area contributed by atoms with E-state index < -0.39 is 0 Å². The lowest BCUT2D eigenvalue weighted by molar-refractivity contribution is 0.206. The van der Waals surface area contributed by atoms with Crippen LogP contribution in [0.2, 0.25) is 0 Å². The van der Waals surface area contributed by atoms with E-state index in [4.69, 9.17) is 9.73 Å². The van der Waals surface area contributed by atoms with Gasteiger partial charge in [0.25, 0.3) is 0 Å². The van der Waals surface area contributed by atoms with Crippen LogP contribution in [0.25, 0.3) is 11.1 Å². The van der Waals surface area contributed by atoms with Crippen LogP contribution in [-0.2, 0) is 11.2 Å². The minimum Gasteiger partial charge on any atom is -0.470 e. The lowest BCUT2D eigenvalue weighted by Gasteiger charge is -2.08. The second-order valence-corrected chi connectivity index (χ2v) is 6.23. The monoisotopic (exact) mass is 312 g/mol. The summed E-state index contributed by atoms with van der Waals surface area (Å²) in [7, 11) is 0. The largest absolute Gasteiger partial charge is 0.470 e. The fraction of sp³-hybridized carbons (Fsp3) is 0.143. The van der Waals surface area contributed by atoms with E-state index in [1.807, 2.05) is 24.3 Å². The molecule has 0 spiro atoms. The molecule has 116 valence electrons. The van der Waals surface area contributed by atoms with E-state index in [0.717, 1.165) is 12.1 Å². The van der Waals surface area contributed by atoms with E-state index in [0.29, 0.717) is 5.90 Å². The molecule has 0 unspecified atom stereocenters. The molecule has 24 heavy (non-hydrogen) atoms. The topological polar surface area (TPSA) is 34.5 Å². The molecule has 5 rings (SSSR count). The zero-order valence-corrected chi connectivity index (χ0v) is 13.1. The van der Waals surface area contributed by atoms with Crippen molar-refractivity contribution in [3.8, 4) is 11.1 Å².